The highest BCUT2D eigenvalue weighted by atomic mass is 32.2. The van der Waals surface area contributed by atoms with Gasteiger partial charge in [-0.2, -0.15) is 4.31 Å². The largest absolute Gasteiger partial charge is 0.415 e. The number of nitrogens with zero attached hydrogens (tertiary/aromatic N) is 2. The summed E-state index contributed by atoms with van der Waals surface area (Å²) in [5.74, 6) is 0. The third-order valence-electron chi connectivity index (χ3n) is 5.70. The van der Waals surface area contributed by atoms with Gasteiger partial charge in [-0.25, -0.2) is 8.42 Å². The Morgan fingerprint density at radius 3 is 2.36 bits per heavy atom. The van der Waals surface area contributed by atoms with Crippen LogP contribution in [-0.4, -0.2) is 70.5 Å². The highest BCUT2D eigenvalue weighted by Crippen LogP contribution is 2.37. The third-order valence-corrected chi connectivity index (χ3v) is 11.5. The summed E-state index contributed by atoms with van der Waals surface area (Å²) in [6.07, 6.45) is 3.52. The van der Waals surface area contributed by atoms with Gasteiger partial charge in [-0.15, -0.1) is 0 Å². The van der Waals surface area contributed by atoms with E-state index in [1.165, 1.54) is 6.26 Å². The van der Waals surface area contributed by atoms with Crippen molar-refractivity contribution in [3.05, 3.63) is 0 Å². The molecule has 0 spiro atoms. The molecule has 0 aromatic carbocycles. The number of hydrogen-bond donors (Lipinski definition) is 0. The van der Waals surface area contributed by atoms with Crippen molar-refractivity contribution in [3.63, 3.8) is 0 Å². The molecule has 5 nitrogen and oxygen atoms in total. The molecule has 0 aromatic rings. The maximum absolute atomic E-state index is 11.7. The van der Waals surface area contributed by atoms with Crippen molar-refractivity contribution in [2.24, 2.45) is 0 Å². The molecule has 0 amide bonds. The van der Waals surface area contributed by atoms with Gasteiger partial charge in [0.15, 0.2) is 8.32 Å². The summed E-state index contributed by atoms with van der Waals surface area (Å²) < 4.78 is 31.4. The number of sulfonamides is 1. The van der Waals surface area contributed by atoms with Crippen molar-refractivity contribution in [2.75, 3.05) is 32.5 Å². The van der Waals surface area contributed by atoms with E-state index in [9.17, 15) is 8.42 Å². The van der Waals surface area contributed by atoms with Gasteiger partial charge in [0.25, 0.3) is 0 Å². The first-order chi connectivity index (χ1) is 9.92. The molecule has 0 unspecified atom stereocenters. The summed E-state index contributed by atoms with van der Waals surface area (Å²) in [6.45, 7) is 14.3. The van der Waals surface area contributed by atoms with Crippen LogP contribution in [-0.2, 0) is 14.4 Å². The van der Waals surface area contributed by atoms with Gasteiger partial charge in [-0.1, -0.05) is 20.8 Å². The molecule has 0 N–H and O–H groups in total. The second-order valence-electron chi connectivity index (χ2n) is 8.32. The van der Waals surface area contributed by atoms with E-state index in [1.807, 2.05) is 0 Å². The van der Waals surface area contributed by atoms with Crippen LogP contribution in [0.25, 0.3) is 0 Å². The van der Waals surface area contributed by atoms with E-state index >= 15 is 0 Å². The average molecular weight is 349 g/mol. The molecular formula is C15H32N2O3SSi. The molecule has 2 atom stereocenters. The van der Waals surface area contributed by atoms with Crippen LogP contribution < -0.4 is 0 Å². The minimum Gasteiger partial charge on any atom is -0.415 e. The van der Waals surface area contributed by atoms with E-state index in [2.05, 4.69) is 38.8 Å². The van der Waals surface area contributed by atoms with Crippen LogP contribution in [0.3, 0.4) is 0 Å². The molecule has 2 saturated heterocycles. The molecule has 7 heteroatoms. The Hall–Kier alpha value is 0.0469. The first-order valence-electron chi connectivity index (χ1n) is 8.27. The van der Waals surface area contributed by atoms with Gasteiger partial charge in [0.2, 0.25) is 10.0 Å². The lowest BCUT2D eigenvalue weighted by atomic mass is 10.2. The Morgan fingerprint density at radius 2 is 1.82 bits per heavy atom. The fourth-order valence-corrected chi connectivity index (χ4v) is 5.03. The summed E-state index contributed by atoms with van der Waals surface area (Å²) in [6, 6.07) is 0.831. The van der Waals surface area contributed by atoms with E-state index in [0.29, 0.717) is 25.2 Å². The molecule has 22 heavy (non-hydrogen) atoms. The van der Waals surface area contributed by atoms with Crippen molar-refractivity contribution in [2.45, 2.75) is 63.8 Å². The van der Waals surface area contributed by atoms with Crippen LogP contribution >= 0.6 is 0 Å². The fraction of sp³-hybridized carbons (Fsp3) is 1.00. The van der Waals surface area contributed by atoms with Crippen LogP contribution in [0.1, 0.15) is 33.6 Å². The Labute approximate surface area is 137 Å². The summed E-state index contributed by atoms with van der Waals surface area (Å²) in [5, 5.41) is 0.236. The van der Waals surface area contributed by atoms with Crippen molar-refractivity contribution < 1.29 is 12.8 Å². The fourth-order valence-electron chi connectivity index (χ4n) is 3.13. The molecule has 2 aliphatic heterocycles. The molecule has 130 valence electrons. The van der Waals surface area contributed by atoms with Crippen molar-refractivity contribution in [1.82, 2.24) is 9.21 Å². The Balaban J connectivity index is 1.92. The van der Waals surface area contributed by atoms with Crippen LogP contribution in [0.4, 0.5) is 0 Å². The Bertz CT molecular complexity index is 501. The molecule has 2 fully saturated rings. The topological polar surface area (TPSA) is 49.9 Å². The van der Waals surface area contributed by atoms with Gasteiger partial charge >= 0.3 is 0 Å². The van der Waals surface area contributed by atoms with Gasteiger partial charge in [0.1, 0.15) is 0 Å². The number of rotatable bonds is 4. The first kappa shape index (κ1) is 18.4. The molecule has 0 aromatic heterocycles. The SMILES string of the molecule is CC(C)(C)[Si](C)(C)OC[C@H]1CC[C@@H]2CN(S(C)(=O)=O)CCN12. The van der Waals surface area contributed by atoms with Gasteiger partial charge in [-0.05, 0) is 31.0 Å². The van der Waals surface area contributed by atoms with E-state index in [4.69, 9.17) is 4.43 Å². The molecule has 0 aliphatic carbocycles. The molecule has 0 saturated carbocycles. The number of hydrogen-bond acceptors (Lipinski definition) is 4. The smallest absolute Gasteiger partial charge is 0.211 e. The lowest BCUT2D eigenvalue weighted by molar-refractivity contribution is 0.0898. The second kappa shape index (κ2) is 6.16. The maximum Gasteiger partial charge on any atom is 0.211 e. The van der Waals surface area contributed by atoms with Crippen molar-refractivity contribution >= 4 is 18.3 Å². The predicted octanol–water partition coefficient (Wildman–Crippen LogP) is 2.12. The standard InChI is InChI=1S/C15H32N2O3SSi/c1-15(2,3)22(5,6)20-12-14-8-7-13-11-16(21(4,18)19)9-10-17(13)14/h13-14H,7-12H2,1-6H3/t13-,14-/m1/s1. The number of fused-ring (bicyclic) bond motifs is 1. The first-order valence-corrected chi connectivity index (χ1v) is 13.0. The predicted molar refractivity (Wildman–Crippen MR) is 93.1 cm³/mol. The third kappa shape index (κ3) is 3.92. The monoisotopic (exact) mass is 348 g/mol. The lowest BCUT2D eigenvalue weighted by Crippen LogP contribution is -2.55. The zero-order chi connectivity index (χ0) is 16.8. The normalized spacial score (nSPS) is 28.8. The van der Waals surface area contributed by atoms with Gasteiger partial charge in [0, 0.05) is 38.3 Å². The second-order valence-corrected chi connectivity index (χ2v) is 15.1. The molecule has 2 aliphatic rings. The van der Waals surface area contributed by atoms with Gasteiger partial charge in [-0.3, -0.25) is 4.90 Å². The summed E-state index contributed by atoms with van der Waals surface area (Å²) in [7, 11) is -4.76. The van der Waals surface area contributed by atoms with E-state index in [-0.39, 0.29) is 5.04 Å². The van der Waals surface area contributed by atoms with E-state index < -0.39 is 18.3 Å². The van der Waals surface area contributed by atoms with E-state index in [0.717, 1.165) is 26.0 Å². The zero-order valence-corrected chi connectivity index (χ0v) is 16.7. The Kier molecular flexibility index (Phi) is 5.15. The average Bonchev–Trinajstić information content (AvgIpc) is 2.76. The van der Waals surface area contributed by atoms with E-state index in [1.54, 1.807) is 4.31 Å². The van der Waals surface area contributed by atoms with Crippen LogP contribution in [0.15, 0.2) is 0 Å². The van der Waals surface area contributed by atoms with Crippen LogP contribution in [0.5, 0.6) is 0 Å². The highest BCUT2D eigenvalue weighted by molar-refractivity contribution is 7.88. The molecule has 0 bridgehead atoms. The molecule has 2 rings (SSSR count). The van der Waals surface area contributed by atoms with Crippen molar-refractivity contribution in [1.29, 1.82) is 0 Å². The summed E-state index contributed by atoms with van der Waals surface area (Å²) in [4.78, 5) is 2.48. The lowest BCUT2D eigenvalue weighted by Gasteiger charge is -2.41. The van der Waals surface area contributed by atoms with Gasteiger partial charge in [0.05, 0.1) is 6.26 Å². The van der Waals surface area contributed by atoms with Gasteiger partial charge < -0.3 is 4.43 Å². The molecule has 0 radical (unpaired) electrons. The summed E-state index contributed by atoms with van der Waals surface area (Å²) >= 11 is 0. The minimum absolute atomic E-state index is 0.236. The molecular weight excluding hydrogens is 316 g/mol. The summed E-state index contributed by atoms with van der Waals surface area (Å²) in [5.41, 5.74) is 0. The zero-order valence-electron chi connectivity index (χ0n) is 14.9. The molecule has 2 heterocycles. The highest BCUT2D eigenvalue weighted by Gasteiger charge is 2.42. The van der Waals surface area contributed by atoms with Crippen LogP contribution in [0.2, 0.25) is 18.1 Å². The minimum atomic E-state index is -3.05. The Morgan fingerprint density at radius 1 is 1.18 bits per heavy atom. The maximum atomic E-state index is 11.7. The van der Waals surface area contributed by atoms with Crippen LogP contribution in [0, 0.1) is 0 Å². The number of piperazine rings is 1. The van der Waals surface area contributed by atoms with Crippen molar-refractivity contribution in [3.8, 4) is 0 Å². The quantitative estimate of drug-likeness (QED) is 0.730.